The van der Waals surface area contributed by atoms with Crippen LogP contribution in [-0.4, -0.2) is 17.3 Å². The third-order valence-electron chi connectivity index (χ3n) is 3.81. The van der Waals surface area contributed by atoms with Gasteiger partial charge in [-0.2, -0.15) is 13.2 Å². The molecule has 3 rings (SSSR count). The van der Waals surface area contributed by atoms with Gasteiger partial charge < -0.3 is 15.2 Å². The lowest BCUT2D eigenvalue weighted by molar-refractivity contribution is -0.144. The molecular weight excluding hydrogens is 360 g/mol. The SMILES string of the molecule is NC(=O)c1ccc(C(F)(F)F)n(Cc2cc(F)cc3c2OCOC3)c1=O. The van der Waals surface area contributed by atoms with Crippen molar-refractivity contribution in [2.45, 2.75) is 19.3 Å². The number of carbonyl (C=O) groups excluding carboxylic acids is 1. The van der Waals surface area contributed by atoms with Crippen LogP contribution in [0.5, 0.6) is 5.75 Å². The third kappa shape index (κ3) is 3.27. The van der Waals surface area contributed by atoms with Crippen LogP contribution < -0.4 is 16.0 Å². The minimum absolute atomic E-state index is 0.0116. The van der Waals surface area contributed by atoms with Crippen molar-refractivity contribution in [2.75, 3.05) is 6.79 Å². The molecule has 0 saturated heterocycles. The topological polar surface area (TPSA) is 83.6 Å². The lowest BCUT2D eigenvalue weighted by Crippen LogP contribution is -2.34. The van der Waals surface area contributed by atoms with Crippen LogP contribution in [-0.2, 0) is 24.1 Å². The first kappa shape index (κ1) is 17.9. The molecule has 6 nitrogen and oxygen atoms in total. The van der Waals surface area contributed by atoms with Gasteiger partial charge in [-0.25, -0.2) is 4.39 Å². The highest BCUT2D eigenvalue weighted by molar-refractivity contribution is 5.92. The van der Waals surface area contributed by atoms with Crippen LogP contribution in [0.15, 0.2) is 29.1 Å². The molecule has 0 bridgehead atoms. The summed E-state index contributed by atoms with van der Waals surface area (Å²) in [5.74, 6) is -1.74. The second kappa shape index (κ2) is 6.45. The highest BCUT2D eigenvalue weighted by atomic mass is 19.4. The van der Waals surface area contributed by atoms with Crippen LogP contribution in [0.2, 0.25) is 0 Å². The molecule has 0 radical (unpaired) electrons. The van der Waals surface area contributed by atoms with Crippen molar-refractivity contribution in [3.8, 4) is 5.75 Å². The van der Waals surface area contributed by atoms with Crippen molar-refractivity contribution < 1.29 is 31.8 Å². The lowest BCUT2D eigenvalue weighted by Gasteiger charge is -2.22. The summed E-state index contributed by atoms with van der Waals surface area (Å²) in [6.07, 6.45) is -4.87. The van der Waals surface area contributed by atoms with E-state index in [9.17, 15) is 27.2 Å². The molecule has 1 aromatic carbocycles. The summed E-state index contributed by atoms with van der Waals surface area (Å²) in [6.45, 7) is -0.800. The van der Waals surface area contributed by atoms with Crippen LogP contribution in [0.4, 0.5) is 17.6 Å². The molecule has 0 saturated carbocycles. The number of rotatable bonds is 3. The minimum Gasteiger partial charge on any atom is -0.467 e. The second-order valence-electron chi connectivity index (χ2n) is 5.55. The largest absolute Gasteiger partial charge is 0.467 e. The highest BCUT2D eigenvalue weighted by Gasteiger charge is 2.35. The number of benzene rings is 1. The first-order valence-electron chi connectivity index (χ1n) is 7.31. The maximum Gasteiger partial charge on any atom is 0.431 e. The number of fused-ring (bicyclic) bond motifs is 1. The number of hydrogen-bond donors (Lipinski definition) is 1. The van der Waals surface area contributed by atoms with E-state index in [0.29, 0.717) is 16.2 Å². The van der Waals surface area contributed by atoms with E-state index in [4.69, 9.17) is 15.2 Å². The fourth-order valence-corrected chi connectivity index (χ4v) is 2.71. The number of nitrogens with zero attached hydrogens (tertiary/aromatic N) is 1. The molecule has 0 atom stereocenters. The number of carbonyl (C=O) groups is 1. The average Bonchev–Trinajstić information content (AvgIpc) is 2.55. The Labute approximate surface area is 143 Å². The first-order valence-corrected chi connectivity index (χ1v) is 7.31. The molecule has 138 valence electrons. The Bertz CT molecular complexity index is 937. The summed E-state index contributed by atoms with van der Waals surface area (Å²) in [5.41, 5.74) is 2.23. The van der Waals surface area contributed by atoms with Gasteiger partial charge in [0.15, 0.2) is 6.79 Å². The zero-order valence-corrected chi connectivity index (χ0v) is 13.1. The fourth-order valence-electron chi connectivity index (χ4n) is 2.71. The zero-order chi connectivity index (χ0) is 19.1. The van der Waals surface area contributed by atoms with E-state index in [1.807, 2.05) is 0 Å². The number of hydrogen-bond acceptors (Lipinski definition) is 4. The number of amides is 1. The van der Waals surface area contributed by atoms with E-state index in [2.05, 4.69) is 0 Å². The molecule has 0 unspecified atom stereocenters. The average molecular weight is 372 g/mol. The lowest BCUT2D eigenvalue weighted by atomic mass is 10.1. The number of ether oxygens (including phenoxy) is 2. The molecule has 2 heterocycles. The molecule has 1 aliphatic rings. The van der Waals surface area contributed by atoms with Crippen molar-refractivity contribution >= 4 is 5.91 Å². The maximum absolute atomic E-state index is 13.8. The van der Waals surface area contributed by atoms with Crippen molar-refractivity contribution in [1.82, 2.24) is 4.57 Å². The van der Waals surface area contributed by atoms with E-state index in [-0.39, 0.29) is 24.7 Å². The number of pyridine rings is 1. The van der Waals surface area contributed by atoms with Crippen molar-refractivity contribution in [3.63, 3.8) is 0 Å². The Morgan fingerprint density at radius 3 is 2.65 bits per heavy atom. The Hall–Kier alpha value is -2.88. The van der Waals surface area contributed by atoms with Gasteiger partial charge in [-0.15, -0.1) is 0 Å². The maximum atomic E-state index is 13.8. The van der Waals surface area contributed by atoms with Crippen LogP contribution in [0, 0.1) is 5.82 Å². The molecule has 0 fully saturated rings. The normalized spacial score (nSPS) is 13.8. The van der Waals surface area contributed by atoms with Crippen LogP contribution in [0.3, 0.4) is 0 Å². The number of halogens is 4. The quantitative estimate of drug-likeness (QED) is 0.836. The molecule has 0 aliphatic carbocycles. The Balaban J connectivity index is 2.19. The number of alkyl halides is 3. The number of nitrogens with two attached hydrogens (primary N) is 1. The van der Waals surface area contributed by atoms with Gasteiger partial charge in [0.05, 0.1) is 13.2 Å². The van der Waals surface area contributed by atoms with Gasteiger partial charge >= 0.3 is 6.18 Å². The van der Waals surface area contributed by atoms with Gasteiger partial charge in [-0.1, -0.05) is 0 Å². The molecule has 10 heteroatoms. The molecule has 1 aromatic heterocycles. The smallest absolute Gasteiger partial charge is 0.431 e. The van der Waals surface area contributed by atoms with Crippen LogP contribution >= 0.6 is 0 Å². The second-order valence-corrected chi connectivity index (χ2v) is 5.55. The van der Waals surface area contributed by atoms with Gasteiger partial charge in [0.1, 0.15) is 22.8 Å². The van der Waals surface area contributed by atoms with Gasteiger partial charge in [0.2, 0.25) is 0 Å². The van der Waals surface area contributed by atoms with Gasteiger partial charge in [-0.3, -0.25) is 14.2 Å². The van der Waals surface area contributed by atoms with E-state index in [1.165, 1.54) is 0 Å². The summed E-state index contributed by atoms with van der Waals surface area (Å²) < 4.78 is 64.2. The van der Waals surface area contributed by atoms with Crippen molar-refractivity contribution in [2.24, 2.45) is 5.73 Å². The predicted molar refractivity (Wildman–Crippen MR) is 80.0 cm³/mol. The Kier molecular flexibility index (Phi) is 4.45. The van der Waals surface area contributed by atoms with Crippen LogP contribution in [0.25, 0.3) is 0 Å². The molecule has 1 amide bonds. The monoisotopic (exact) mass is 372 g/mol. The molecule has 0 spiro atoms. The van der Waals surface area contributed by atoms with E-state index in [1.54, 1.807) is 0 Å². The Morgan fingerprint density at radius 2 is 2.00 bits per heavy atom. The molecule has 1 aliphatic heterocycles. The van der Waals surface area contributed by atoms with E-state index >= 15 is 0 Å². The molecular formula is C16H12F4N2O4. The summed E-state index contributed by atoms with van der Waals surface area (Å²) in [6, 6.07) is 3.39. The van der Waals surface area contributed by atoms with Crippen LogP contribution in [0.1, 0.15) is 27.2 Å². The molecule has 2 aromatic rings. The van der Waals surface area contributed by atoms with Gasteiger partial charge in [-0.05, 0) is 24.3 Å². The molecule has 2 N–H and O–H groups in total. The first-order chi connectivity index (χ1) is 12.2. The van der Waals surface area contributed by atoms with Gasteiger partial charge in [0.25, 0.3) is 11.5 Å². The summed E-state index contributed by atoms with van der Waals surface area (Å²) >= 11 is 0. The van der Waals surface area contributed by atoms with Crippen molar-refractivity contribution in [1.29, 1.82) is 0 Å². The van der Waals surface area contributed by atoms with Gasteiger partial charge in [0, 0.05) is 11.1 Å². The number of aromatic nitrogens is 1. The zero-order valence-electron chi connectivity index (χ0n) is 13.1. The highest BCUT2D eigenvalue weighted by Crippen LogP contribution is 2.32. The Morgan fingerprint density at radius 1 is 1.27 bits per heavy atom. The fraction of sp³-hybridized carbons (Fsp3) is 0.250. The third-order valence-corrected chi connectivity index (χ3v) is 3.81. The predicted octanol–water partition coefficient (Wildman–Crippen LogP) is 2.02. The standard InChI is InChI=1S/C16H12F4N2O4/c17-10-3-8(13-9(4-10)6-25-7-26-13)5-22-12(16(18,19)20)2-1-11(14(21)23)15(22)24/h1-4H,5-7H2,(H2,21,23). The minimum atomic E-state index is -4.87. The van der Waals surface area contributed by atoms with Crippen molar-refractivity contribution in [3.05, 3.63) is 62.8 Å². The summed E-state index contributed by atoms with van der Waals surface area (Å²) in [5, 5.41) is 0. The number of primary amides is 1. The van der Waals surface area contributed by atoms with E-state index < -0.39 is 41.3 Å². The van der Waals surface area contributed by atoms with E-state index in [0.717, 1.165) is 18.2 Å². The summed E-state index contributed by atoms with van der Waals surface area (Å²) in [7, 11) is 0. The molecule has 26 heavy (non-hydrogen) atoms. The summed E-state index contributed by atoms with van der Waals surface area (Å²) in [4.78, 5) is 23.6.